The Hall–Kier alpha value is -1.69. The van der Waals surface area contributed by atoms with Crippen molar-refractivity contribution in [2.24, 2.45) is 5.92 Å². The highest BCUT2D eigenvalue weighted by molar-refractivity contribution is 7.16. The van der Waals surface area contributed by atoms with Gasteiger partial charge in [0.15, 0.2) is 0 Å². The number of nitrogens with zero attached hydrogens (tertiary/aromatic N) is 3. The normalized spacial score (nSPS) is 22.0. The number of carbonyl (C=O) groups excluding carboxylic acids is 1. The molecule has 2 aromatic rings. The summed E-state index contributed by atoms with van der Waals surface area (Å²) in [6.45, 7) is 1.73. The van der Waals surface area contributed by atoms with Crippen molar-refractivity contribution in [1.82, 2.24) is 15.3 Å². The molecule has 1 aliphatic heterocycles. The van der Waals surface area contributed by atoms with Crippen LogP contribution < -0.4 is 10.2 Å². The van der Waals surface area contributed by atoms with Crippen molar-refractivity contribution >= 4 is 33.3 Å². The maximum atomic E-state index is 12.6. The summed E-state index contributed by atoms with van der Waals surface area (Å²) < 4.78 is 0. The van der Waals surface area contributed by atoms with E-state index >= 15 is 0 Å². The zero-order chi connectivity index (χ0) is 14.9. The monoisotopic (exact) mass is 316 g/mol. The summed E-state index contributed by atoms with van der Waals surface area (Å²) in [5.74, 6) is 1.76. The first-order chi connectivity index (χ1) is 10.8. The average Bonchev–Trinajstić information content (AvgIpc) is 3.14. The van der Waals surface area contributed by atoms with E-state index in [2.05, 4.69) is 26.3 Å². The zero-order valence-corrected chi connectivity index (χ0v) is 13.3. The molecule has 1 N–H and O–H groups in total. The second-order valence-electron chi connectivity index (χ2n) is 6.23. The van der Waals surface area contributed by atoms with Crippen LogP contribution in [0.4, 0.5) is 5.82 Å². The van der Waals surface area contributed by atoms with Crippen LogP contribution in [0.15, 0.2) is 17.8 Å². The summed E-state index contributed by atoms with van der Waals surface area (Å²) in [5.41, 5.74) is 0. The van der Waals surface area contributed by atoms with E-state index in [4.69, 9.17) is 0 Å². The largest absolute Gasteiger partial charge is 0.354 e. The van der Waals surface area contributed by atoms with Crippen molar-refractivity contribution in [1.29, 1.82) is 0 Å². The minimum atomic E-state index is -0.0851. The fraction of sp³-hybridized carbons (Fsp3) is 0.562. The van der Waals surface area contributed by atoms with E-state index in [-0.39, 0.29) is 11.9 Å². The number of thiophene rings is 1. The summed E-state index contributed by atoms with van der Waals surface area (Å²) in [7, 11) is 0. The standard InChI is InChI=1S/C16H20N4OS/c21-15(17-9-11-3-1-4-11)13-5-2-7-20(13)14-12-6-8-22-16(12)19-10-18-14/h6,8,10-11,13H,1-5,7,9H2,(H,17,21)/t13-/m1/s1. The molecular formula is C16H20N4OS. The zero-order valence-electron chi connectivity index (χ0n) is 12.5. The molecule has 3 heterocycles. The van der Waals surface area contributed by atoms with Crippen LogP contribution in [0.5, 0.6) is 0 Å². The van der Waals surface area contributed by atoms with Gasteiger partial charge in [0, 0.05) is 13.1 Å². The van der Waals surface area contributed by atoms with Crippen LogP contribution >= 0.6 is 11.3 Å². The van der Waals surface area contributed by atoms with Gasteiger partial charge in [-0.3, -0.25) is 4.79 Å². The maximum Gasteiger partial charge on any atom is 0.242 e. The molecule has 1 aliphatic carbocycles. The molecule has 1 atom stereocenters. The fourth-order valence-electron chi connectivity index (χ4n) is 3.36. The van der Waals surface area contributed by atoms with Crippen LogP contribution in [0.2, 0.25) is 0 Å². The Labute approximate surface area is 133 Å². The van der Waals surface area contributed by atoms with E-state index in [1.807, 2.05) is 5.38 Å². The molecular weight excluding hydrogens is 296 g/mol. The van der Waals surface area contributed by atoms with Crippen LogP contribution in [0.25, 0.3) is 10.2 Å². The number of anilines is 1. The van der Waals surface area contributed by atoms with Crippen molar-refractivity contribution in [3.8, 4) is 0 Å². The first-order valence-electron chi connectivity index (χ1n) is 8.05. The lowest BCUT2D eigenvalue weighted by Gasteiger charge is -2.28. The Balaban J connectivity index is 1.52. The van der Waals surface area contributed by atoms with Gasteiger partial charge in [-0.25, -0.2) is 9.97 Å². The molecule has 1 saturated carbocycles. The number of amides is 1. The van der Waals surface area contributed by atoms with Gasteiger partial charge in [-0.2, -0.15) is 0 Å². The highest BCUT2D eigenvalue weighted by Crippen LogP contribution is 2.32. The lowest BCUT2D eigenvalue weighted by Crippen LogP contribution is -2.45. The van der Waals surface area contributed by atoms with Crippen molar-refractivity contribution < 1.29 is 4.79 Å². The highest BCUT2D eigenvalue weighted by atomic mass is 32.1. The summed E-state index contributed by atoms with van der Waals surface area (Å²) in [4.78, 5) is 24.5. The van der Waals surface area contributed by atoms with Gasteiger partial charge in [0.2, 0.25) is 5.91 Å². The molecule has 2 aliphatic rings. The van der Waals surface area contributed by atoms with Crippen LogP contribution in [0.3, 0.4) is 0 Å². The molecule has 2 aromatic heterocycles. The molecule has 116 valence electrons. The maximum absolute atomic E-state index is 12.6. The summed E-state index contributed by atoms with van der Waals surface area (Å²) in [6.07, 6.45) is 7.39. The number of carbonyl (C=O) groups is 1. The molecule has 1 saturated heterocycles. The second-order valence-corrected chi connectivity index (χ2v) is 7.12. The van der Waals surface area contributed by atoms with E-state index in [1.165, 1.54) is 19.3 Å². The number of hydrogen-bond donors (Lipinski definition) is 1. The summed E-state index contributed by atoms with van der Waals surface area (Å²) in [5, 5.41) is 6.24. The molecule has 1 amide bonds. The molecule has 5 nitrogen and oxygen atoms in total. The molecule has 2 fully saturated rings. The number of aromatic nitrogens is 2. The minimum absolute atomic E-state index is 0.0851. The number of rotatable bonds is 4. The van der Waals surface area contributed by atoms with Crippen molar-refractivity contribution in [3.63, 3.8) is 0 Å². The van der Waals surface area contributed by atoms with Gasteiger partial charge in [-0.1, -0.05) is 6.42 Å². The van der Waals surface area contributed by atoms with Crippen LogP contribution in [0, 0.1) is 5.92 Å². The predicted molar refractivity (Wildman–Crippen MR) is 88.1 cm³/mol. The molecule has 0 spiro atoms. The Bertz CT molecular complexity index is 682. The summed E-state index contributed by atoms with van der Waals surface area (Å²) >= 11 is 1.62. The van der Waals surface area contributed by atoms with E-state index in [0.717, 1.165) is 42.0 Å². The van der Waals surface area contributed by atoms with Crippen LogP contribution in [-0.2, 0) is 4.79 Å². The van der Waals surface area contributed by atoms with Crippen LogP contribution in [0.1, 0.15) is 32.1 Å². The van der Waals surface area contributed by atoms with Gasteiger partial charge >= 0.3 is 0 Å². The Morgan fingerprint density at radius 1 is 1.32 bits per heavy atom. The second kappa shape index (κ2) is 5.83. The smallest absolute Gasteiger partial charge is 0.242 e. The number of nitrogens with one attached hydrogen (secondary N) is 1. The predicted octanol–water partition coefficient (Wildman–Crippen LogP) is 2.58. The Kier molecular flexibility index (Phi) is 3.70. The number of fused-ring (bicyclic) bond motifs is 1. The van der Waals surface area contributed by atoms with E-state index in [0.29, 0.717) is 5.92 Å². The topological polar surface area (TPSA) is 58.1 Å². The summed E-state index contributed by atoms with van der Waals surface area (Å²) in [6, 6.07) is 1.97. The average molecular weight is 316 g/mol. The quantitative estimate of drug-likeness (QED) is 0.942. The SMILES string of the molecule is O=C(NCC1CCC1)[C@H]1CCCN1c1ncnc2sccc12. The third kappa shape index (κ3) is 2.45. The molecule has 6 heteroatoms. The number of hydrogen-bond acceptors (Lipinski definition) is 5. The molecule has 22 heavy (non-hydrogen) atoms. The van der Waals surface area contributed by atoms with Gasteiger partial charge < -0.3 is 10.2 Å². The van der Waals surface area contributed by atoms with E-state index in [9.17, 15) is 4.79 Å². The Morgan fingerprint density at radius 2 is 2.23 bits per heavy atom. The molecule has 0 aromatic carbocycles. The molecule has 0 bridgehead atoms. The third-order valence-corrected chi connectivity index (χ3v) is 5.68. The molecule has 0 unspecified atom stereocenters. The van der Waals surface area contributed by atoms with E-state index < -0.39 is 0 Å². The first-order valence-corrected chi connectivity index (χ1v) is 8.93. The minimum Gasteiger partial charge on any atom is -0.354 e. The van der Waals surface area contributed by atoms with Gasteiger partial charge in [0.1, 0.15) is 23.0 Å². The third-order valence-electron chi connectivity index (χ3n) is 4.86. The van der Waals surface area contributed by atoms with Crippen molar-refractivity contribution in [2.45, 2.75) is 38.1 Å². The molecule has 4 rings (SSSR count). The van der Waals surface area contributed by atoms with Crippen LogP contribution in [-0.4, -0.2) is 35.0 Å². The van der Waals surface area contributed by atoms with Gasteiger partial charge in [-0.15, -0.1) is 11.3 Å². The van der Waals surface area contributed by atoms with Gasteiger partial charge in [0.05, 0.1) is 5.39 Å². The van der Waals surface area contributed by atoms with Gasteiger partial charge in [0.25, 0.3) is 0 Å². The van der Waals surface area contributed by atoms with Crippen molar-refractivity contribution in [3.05, 3.63) is 17.8 Å². The van der Waals surface area contributed by atoms with Gasteiger partial charge in [-0.05, 0) is 43.0 Å². The highest BCUT2D eigenvalue weighted by Gasteiger charge is 2.33. The van der Waals surface area contributed by atoms with E-state index in [1.54, 1.807) is 17.7 Å². The molecule has 0 radical (unpaired) electrons. The Morgan fingerprint density at radius 3 is 3.05 bits per heavy atom. The lowest BCUT2D eigenvalue weighted by molar-refractivity contribution is -0.122. The fourth-order valence-corrected chi connectivity index (χ4v) is 4.09. The van der Waals surface area contributed by atoms with Crippen molar-refractivity contribution in [2.75, 3.05) is 18.0 Å². The first kappa shape index (κ1) is 13.9. The lowest BCUT2D eigenvalue weighted by atomic mass is 9.85.